The van der Waals surface area contributed by atoms with Gasteiger partial charge in [0.15, 0.2) is 12.6 Å². The van der Waals surface area contributed by atoms with Crippen molar-refractivity contribution in [3.05, 3.63) is 0 Å². The standard InChI is InChI=1S/C7H10F3NO5/c1-3(12)4(5(13)14)11-6(15)16-2-7(8,9)10/h3-4,12H,2H2,1H3,(H,11,15)(H,13,14). The van der Waals surface area contributed by atoms with Crippen LogP contribution in [0.3, 0.4) is 0 Å². The molecule has 6 nitrogen and oxygen atoms in total. The van der Waals surface area contributed by atoms with Gasteiger partial charge < -0.3 is 20.3 Å². The molecule has 0 saturated carbocycles. The van der Waals surface area contributed by atoms with Gasteiger partial charge in [-0.2, -0.15) is 13.2 Å². The summed E-state index contributed by atoms with van der Waals surface area (Å²) in [6.45, 7) is -0.770. The minimum Gasteiger partial charge on any atom is -0.480 e. The Balaban J connectivity index is 4.17. The van der Waals surface area contributed by atoms with Crippen molar-refractivity contribution >= 4 is 12.1 Å². The number of carbonyl (C=O) groups is 2. The van der Waals surface area contributed by atoms with Crippen molar-refractivity contribution in [2.24, 2.45) is 0 Å². The van der Waals surface area contributed by atoms with Gasteiger partial charge in [-0.05, 0) is 6.92 Å². The number of halogens is 3. The molecular weight excluding hydrogens is 235 g/mol. The zero-order valence-corrected chi connectivity index (χ0v) is 8.11. The van der Waals surface area contributed by atoms with Gasteiger partial charge in [0.05, 0.1) is 6.10 Å². The minimum absolute atomic E-state index is 1.06. The van der Waals surface area contributed by atoms with E-state index < -0.39 is 37.0 Å². The van der Waals surface area contributed by atoms with E-state index in [0.717, 1.165) is 6.92 Å². The summed E-state index contributed by atoms with van der Waals surface area (Å²) >= 11 is 0. The molecule has 0 aromatic carbocycles. The Morgan fingerprint density at radius 1 is 1.44 bits per heavy atom. The third kappa shape index (κ3) is 6.06. The number of hydrogen-bond acceptors (Lipinski definition) is 4. The molecule has 0 aliphatic heterocycles. The van der Waals surface area contributed by atoms with E-state index in [1.165, 1.54) is 0 Å². The van der Waals surface area contributed by atoms with E-state index in [0.29, 0.717) is 0 Å². The van der Waals surface area contributed by atoms with Crippen LogP contribution in [0.2, 0.25) is 0 Å². The van der Waals surface area contributed by atoms with E-state index in [1.807, 2.05) is 0 Å². The number of carbonyl (C=O) groups excluding carboxylic acids is 1. The van der Waals surface area contributed by atoms with Crippen molar-refractivity contribution in [3.8, 4) is 0 Å². The number of hydrogen-bond donors (Lipinski definition) is 3. The molecule has 0 fully saturated rings. The molecule has 1 amide bonds. The SMILES string of the molecule is CC(O)C(NC(=O)OCC(F)(F)F)C(=O)O. The molecule has 0 heterocycles. The quantitative estimate of drug-likeness (QED) is 0.653. The lowest BCUT2D eigenvalue weighted by Crippen LogP contribution is -2.48. The first-order valence-corrected chi connectivity index (χ1v) is 4.04. The molecule has 2 unspecified atom stereocenters. The Hall–Kier alpha value is -1.51. The van der Waals surface area contributed by atoms with E-state index >= 15 is 0 Å². The van der Waals surface area contributed by atoms with E-state index in [2.05, 4.69) is 4.74 Å². The number of alkyl halides is 3. The van der Waals surface area contributed by atoms with Crippen LogP contribution < -0.4 is 5.32 Å². The van der Waals surface area contributed by atoms with Crippen LogP contribution in [-0.4, -0.2) is 47.2 Å². The second-order valence-electron chi connectivity index (χ2n) is 2.89. The van der Waals surface area contributed by atoms with Gasteiger partial charge in [0, 0.05) is 0 Å². The van der Waals surface area contributed by atoms with Gasteiger partial charge in [-0.1, -0.05) is 0 Å². The Bertz CT molecular complexity index is 265. The van der Waals surface area contributed by atoms with Gasteiger partial charge in [-0.25, -0.2) is 9.59 Å². The zero-order valence-electron chi connectivity index (χ0n) is 8.11. The summed E-state index contributed by atoms with van der Waals surface area (Å²) in [7, 11) is 0. The number of nitrogens with one attached hydrogen (secondary N) is 1. The van der Waals surface area contributed by atoms with Crippen molar-refractivity contribution in [3.63, 3.8) is 0 Å². The first kappa shape index (κ1) is 14.5. The molecule has 9 heteroatoms. The summed E-state index contributed by atoms with van der Waals surface area (Å²) in [5, 5.41) is 18.9. The summed E-state index contributed by atoms with van der Waals surface area (Å²) in [5.74, 6) is -1.58. The van der Waals surface area contributed by atoms with Crippen LogP contribution in [0.4, 0.5) is 18.0 Å². The van der Waals surface area contributed by atoms with Crippen molar-refractivity contribution < 1.29 is 37.7 Å². The molecule has 0 aliphatic carbocycles. The van der Waals surface area contributed by atoms with Crippen molar-refractivity contribution in [2.75, 3.05) is 6.61 Å². The van der Waals surface area contributed by atoms with Gasteiger partial charge in [0.2, 0.25) is 0 Å². The Labute approximate surface area is 88.0 Å². The summed E-state index contributed by atoms with van der Waals surface area (Å²) in [6.07, 6.45) is -7.72. The third-order valence-corrected chi connectivity index (χ3v) is 1.39. The molecule has 16 heavy (non-hydrogen) atoms. The fourth-order valence-electron chi connectivity index (χ4n) is 0.705. The molecule has 94 valence electrons. The molecule has 2 atom stereocenters. The average molecular weight is 245 g/mol. The number of aliphatic carboxylic acids is 1. The lowest BCUT2D eigenvalue weighted by molar-refractivity contribution is -0.160. The van der Waals surface area contributed by atoms with Gasteiger partial charge in [-0.15, -0.1) is 0 Å². The highest BCUT2D eigenvalue weighted by Crippen LogP contribution is 2.14. The monoisotopic (exact) mass is 245 g/mol. The van der Waals surface area contributed by atoms with E-state index in [4.69, 9.17) is 10.2 Å². The topological polar surface area (TPSA) is 95.9 Å². The Morgan fingerprint density at radius 3 is 2.25 bits per heavy atom. The number of amides is 1. The summed E-state index contributed by atoms with van der Waals surface area (Å²) in [4.78, 5) is 21.1. The summed E-state index contributed by atoms with van der Waals surface area (Å²) in [6, 6.07) is -1.72. The van der Waals surface area contributed by atoms with Crippen molar-refractivity contribution in [1.82, 2.24) is 5.32 Å². The predicted octanol–water partition coefficient (Wildman–Crippen LogP) is 0.109. The number of ether oxygens (including phenoxy) is 1. The van der Waals surface area contributed by atoms with Crippen LogP contribution in [0.15, 0.2) is 0 Å². The second-order valence-corrected chi connectivity index (χ2v) is 2.89. The predicted molar refractivity (Wildman–Crippen MR) is 43.6 cm³/mol. The molecule has 3 N–H and O–H groups in total. The molecule has 0 spiro atoms. The number of carboxylic acid groups (broad SMARTS) is 1. The number of aliphatic hydroxyl groups is 1. The zero-order chi connectivity index (χ0) is 12.9. The lowest BCUT2D eigenvalue weighted by atomic mass is 10.2. The van der Waals surface area contributed by atoms with Crippen LogP contribution in [0, 0.1) is 0 Å². The fraction of sp³-hybridized carbons (Fsp3) is 0.714. The molecular formula is C7H10F3NO5. The third-order valence-electron chi connectivity index (χ3n) is 1.39. The normalized spacial score (nSPS) is 15.1. The molecule has 0 rings (SSSR count). The highest BCUT2D eigenvalue weighted by atomic mass is 19.4. The molecule has 0 radical (unpaired) electrons. The maximum Gasteiger partial charge on any atom is 0.422 e. The maximum absolute atomic E-state index is 11.6. The van der Waals surface area contributed by atoms with Crippen LogP contribution >= 0.6 is 0 Å². The number of rotatable bonds is 4. The van der Waals surface area contributed by atoms with Crippen molar-refractivity contribution in [2.45, 2.75) is 25.2 Å². The number of aliphatic hydroxyl groups excluding tert-OH is 1. The number of carboxylic acids is 1. The molecule has 0 aromatic rings. The van der Waals surface area contributed by atoms with E-state index in [1.54, 1.807) is 5.32 Å². The van der Waals surface area contributed by atoms with Crippen LogP contribution in [-0.2, 0) is 9.53 Å². The molecule has 0 saturated heterocycles. The largest absolute Gasteiger partial charge is 0.480 e. The van der Waals surface area contributed by atoms with Crippen LogP contribution in [0.5, 0.6) is 0 Å². The first-order valence-electron chi connectivity index (χ1n) is 4.04. The van der Waals surface area contributed by atoms with Crippen molar-refractivity contribution in [1.29, 1.82) is 0 Å². The Kier molecular flexibility index (Phi) is 5.02. The minimum atomic E-state index is -4.69. The van der Waals surface area contributed by atoms with Crippen LogP contribution in [0.1, 0.15) is 6.92 Å². The smallest absolute Gasteiger partial charge is 0.422 e. The first-order chi connectivity index (χ1) is 7.13. The molecule has 0 bridgehead atoms. The maximum atomic E-state index is 11.6. The van der Waals surface area contributed by atoms with Gasteiger partial charge in [-0.3, -0.25) is 0 Å². The van der Waals surface area contributed by atoms with Gasteiger partial charge in [0.25, 0.3) is 0 Å². The lowest BCUT2D eigenvalue weighted by Gasteiger charge is -2.17. The average Bonchev–Trinajstić information content (AvgIpc) is 2.08. The van der Waals surface area contributed by atoms with Crippen LogP contribution in [0.25, 0.3) is 0 Å². The summed E-state index contributed by atoms with van der Waals surface area (Å²) in [5.41, 5.74) is 0. The highest BCUT2D eigenvalue weighted by Gasteiger charge is 2.31. The summed E-state index contributed by atoms with van der Waals surface area (Å²) < 4.78 is 38.5. The van der Waals surface area contributed by atoms with E-state index in [-0.39, 0.29) is 0 Å². The molecule has 0 aliphatic rings. The fourth-order valence-corrected chi connectivity index (χ4v) is 0.705. The Morgan fingerprint density at radius 2 is 1.94 bits per heavy atom. The highest BCUT2D eigenvalue weighted by molar-refractivity contribution is 5.80. The molecule has 0 aromatic heterocycles. The van der Waals surface area contributed by atoms with E-state index in [9.17, 15) is 22.8 Å². The number of alkyl carbamates (subject to hydrolysis) is 1. The van der Waals surface area contributed by atoms with Gasteiger partial charge >= 0.3 is 18.2 Å². The second kappa shape index (κ2) is 5.54. The van der Waals surface area contributed by atoms with Gasteiger partial charge in [0.1, 0.15) is 0 Å².